The average Bonchev–Trinajstić information content (AvgIpc) is 3.12. The lowest BCUT2D eigenvalue weighted by Gasteiger charge is -2.28. The number of ether oxygens (including phenoxy) is 1. The van der Waals surface area contributed by atoms with Crippen molar-refractivity contribution in [2.45, 2.75) is 284 Å². The molecule has 1 aliphatic heterocycles. The number of rotatable bonds is 42. The van der Waals surface area contributed by atoms with Gasteiger partial charge in [-0.05, 0) is 25.3 Å². The Labute approximate surface area is 315 Å². The van der Waals surface area contributed by atoms with Crippen molar-refractivity contribution < 1.29 is 9.53 Å². The van der Waals surface area contributed by atoms with Gasteiger partial charge in [-0.2, -0.15) is 0 Å². The topological polar surface area (TPSA) is 26.3 Å². The van der Waals surface area contributed by atoms with Gasteiger partial charge in [0.2, 0.25) is 0 Å². The summed E-state index contributed by atoms with van der Waals surface area (Å²) in [5, 5.41) is 0. The standard InChI is InChI=1S/C48H92O2/c1-3-5-7-9-11-13-15-17-19-21-23-25-27-29-31-33-35-37-39-41-43-45-47-46(48(49)50-47)44-42-40-38-36-34-32-30-28-26-24-22-20-18-16-14-12-10-8-6-4-2/h45-46H,3-44H2,1-2H3. The van der Waals surface area contributed by atoms with E-state index < -0.39 is 0 Å². The molecule has 0 aliphatic carbocycles. The molecule has 0 radical (unpaired) electrons. The number of cyclic esters (lactones) is 1. The van der Waals surface area contributed by atoms with Gasteiger partial charge in [-0.1, -0.05) is 264 Å². The molecule has 0 aromatic rings. The van der Waals surface area contributed by atoms with Crippen LogP contribution in [-0.2, 0) is 9.53 Å². The Morgan fingerprint density at radius 2 is 0.600 bits per heavy atom. The van der Waals surface area contributed by atoms with E-state index >= 15 is 0 Å². The first kappa shape index (κ1) is 47.2. The van der Waals surface area contributed by atoms with Crippen molar-refractivity contribution in [3.05, 3.63) is 11.8 Å². The lowest BCUT2D eigenvalue weighted by molar-refractivity contribution is -0.157. The zero-order valence-electron chi connectivity index (χ0n) is 34.7. The molecule has 296 valence electrons. The maximum absolute atomic E-state index is 12.0. The molecule has 1 fully saturated rings. The predicted octanol–water partition coefficient (Wildman–Crippen LogP) is 17.5. The van der Waals surface area contributed by atoms with Crippen LogP contribution in [0.25, 0.3) is 0 Å². The third-order valence-electron chi connectivity index (χ3n) is 11.6. The third kappa shape index (κ3) is 31.9. The van der Waals surface area contributed by atoms with Crippen LogP contribution < -0.4 is 0 Å². The van der Waals surface area contributed by atoms with Gasteiger partial charge in [0.05, 0.1) is 0 Å². The third-order valence-corrected chi connectivity index (χ3v) is 11.6. The number of hydrogen-bond acceptors (Lipinski definition) is 2. The van der Waals surface area contributed by atoms with Crippen LogP contribution in [0.15, 0.2) is 11.8 Å². The zero-order chi connectivity index (χ0) is 35.8. The maximum atomic E-state index is 12.0. The molecule has 0 N–H and O–H groups in total. The second-order valence-electron chi connectivity index (χ2n) is 16.6. The minimum absolute atomic E-state index is 0.0255. The average molecular weight is 701 g/mol. The van der Waals surface area contributed by atoms with E-state index in [4.69, 9.17) is 4.74 Å². The van der Waals surface area contributed by atoms with E-state index in [1.165, 1.54) is 257 Å². The molecule has 1 heterocycles. The van der Waals surface area contributed by atoms with Crippen LogP contribution in [0, 0.1) is 5.92 Å². The summed E-state index contributed by atoms with van der Waals surface area (Å²) < 4.78 is 5.41. The molecule has 50 heavy (non-hydrogen) atoms. The quantitative estimate of drug-likeness (QED) is 0.0468. The summed E-state index contributed by atoms with van der Waals surface area (Å²) in [4.78, 5) is 12.0. The van der Waals surface area contributed by atoms with E-state index in [2.05, 4.69) is 19.9 Å². The molecule has 0 saturated carbocycles. The van der Waals surface area contributed by atoms with Gasteiger partial charge in [-0.3, -0.25) is 4.79 Å². The molecule has 1 saturated heterocycles. The molecule has 1 rings (SSSR count). The fourth-order valence-corrected chi connectivity index (χ4v) is 8.01. The minimum Gasteiger partial charge on any atom is -0.430 e. The molecule has 0 aromatic carbocycles. The number of carbonyl (C=O) groups is 1. The predicted molar refractivity (Wildman–Crippen MR) is 223 cm³/mol. The van der Waals surface area contributed by atoms with Crippen LogP contribution in [0.2, 0.25) is 0 Å². The summed E-state index contributed by atoms with van der Waals surface area (Å²) in [5.41, 5.74) is 0. The summed E-state index contributed by atoms with van der Waals surface area (Å²) in [6.45, 7) is 4.60. The highest BCUT2D eigenvalue weighted by atomic mass is 16.6. The van der Waals surface area contributed by atoms with Gasteiger partial charge < -0.3 is 4.74 Å². The molecule has 1 atom stereocenters. The Morgan fingerprint density at radius 3 is 0.860 bits per heavy atom. The zero-order valence-corrected chi connectivity index (χ0v) is 34.7. The van der Waals surface area contributed by atoms with Crippen LogP contribution in [0.1, 0.15) is 284 Å². The Kier molecular flexibility index (Phi) is 37.2. The first-order chi connectivity index (χ1) is 24.8. The van der Waals surface area contributed by atoms with Crippen molar-refractivity contribution in [3.8, 4) is 0 Å². The number of hydrogen-bond donors (Lipinski definition) is 0. The summed E-state index contributed by atoms with van der Waals surface area (Å²) >= 11 is 0. The SMILES string of the molecule is CCCCCCCCCCCCCCCCCCCCCCC=C1OC(=O)C1CCCCCCCCCCCCCCCCCCCCCC. The Morgan fingerprint density at radius 1 is 0.360 bits per heavy atom. The highest BCUT2D eigenvalue weighted by Gasteiger charge is 2.36. The van der Waals surface area contributed by atoms with Crippen molar-refractivity contribution in [2.75, 3.05) is 0 Å². The molecule has 0 amide bonds. The number of carbonyl (C=O) groups excluding carboxylic acids is 1. The van der Waals surface area contributed by atoms with E-state index in [1.807, 2.05) is 0 Å². The van der Waals surface area contributed by atoms with Gasteiger partial charge in [0, 0.05) is 0 Å². The van der Waals surface area contributed by atoms with Gasteiger partial charge in [-0.15, -0.1) is 0 Å². The van der Waals surface area contributed by atoms with Crippen LogP contribution in [0.4, 0.5) is 0 Å². The first-order valence-corrected chi connectivity index (χ1v) is 23.7. The molecule has 1 unspecified atom stereocenters. The highest BCUT2D eigenvalue weighted by molar-refractivity contribution is 5.82. The second-order valence-corrected chi connectivity index (χ2v) is 16.6. The lowest BCUT2D eigenvalue weighted by atomic mass is 9.93. The van der Waals surface area contributed by atoms with Crippen LogP contribution in [0.3, 0.4) is 0 Å². The fraction of sp³-hybridized carbons (Fsp3) is 0.938. The van der Waals surface area contributed by atoms with E-state index in [9.17, 15) is 4.79 Å². The highest BCUT2D eigenvalue weighted by Crippen LogP contribution is 2.32. The smallest absolute Gasteiger partial charge is 0.321 e. The Hall–Kier alpha value is -0.790. The first-order valence-electron chi connectivity index (χ1n) is 23.7. The molecule has 0 bridgehead atoms. The largest absolute Gasteiger partial charge is 0.430 e. The minimum atomic E-state index is 0.0255. The summed E-state index contributed by atoms with van der Waals surface area (Å²) in [7, 11) is 0. The van der Waals surface area contributed by atoms with Crippen LogP contribution in [-0.4, -0.2) is 5.97 Å². The molecular weight excluding hydrogens is 609 g/mol. The lowest BCUT2D eigenvalue weighted by Crippen LogP contribution is -2.32. The summed E-state index contributed by atoms with van der Waals surface area (Å²) in [6, 6.07) is 0. The van der Waals surface area contributed by atoms with Gasteiger partial charge in [0.25, 0.3) is 0 Å². The van der Waals surface area contributed by atoms with E-state index in [-0.39, 0.29) is 11.9 Å². The van der Waals surface area contributed by atoms with Crippen molar-refractivity contribution in [1.82, 2.24) is 0 Å². The Balaban J connectivity index is 1.78. The molecule has 0 spiro atoms. The molecule has 1 aliphatic rings. The van der Waals surface area contributed by atoms with E-state index in [0.29, 0.717) is 0 Å². The van der Waals surface area contributed by atoms with Crippen molar-refractivity contribution in [1.29, 1.82) is 0 Å². The van der Waals surface area contributed by atoms with Gasteiger partial charge in [0.15, 0.2) is 0 Å². The van der Waals surface area contributed by atoms with Crippen molar-refractivity contribution >= 4 is 5.97 Å². The molecule has 2 heteroatoms. The maximum Gasteiger partial charge on any atom is 0.321 e. The normalized spacial score (nSPS) is 15.2. The Bertz CT molecular complexity index is 711. The van der Waals surface area contributed by atoms with Gasteiger partial charge in [-0.25, -0.2) is 0 Å². The van der Waals surface area contributed by atoms with Gasteiger partial charge in [0.1, 0.15) is 11.7 Å². The fourth-order valence-electron chi connectivity index (χ4n) is 8.01. The van der Waals surface area contributed by atoms with Crippen molar-refractivity contribution in [2.24, 2.45) is 5.92 Å². The van der Waals surface area contributed by atoms with E-state index in [0.717, 1.165) is 18.6 Å². The van der Waals surface area contributed by atoms with Crippen LogP contribution >= 0.6 is 0 Å². The monoisotopic (exact) mass is 701 g/mol. The van der Waals surface area contributed by atoms with Crippen LogP contribution in [0.5, 0.6) is 0 Å². The van der Waals surface area contributed by atoms with E-state index in [1.54, 1.807) is 0 Å². The molecule has 2 nitrogen and oxygen atoms in total. The summed E-state index contributed by atoms with van der Waals surface area (Å²) in [6.07, 6.45) is 61.0. The summed E-state index contributed by atoms with van der Waals surface area (Å²) in [5.74, 6) is 1.10. The number of allylic oxidation sites excluding steroid dienone is 1. The number of esters is 1. The second kappa shape index (κ2) is 39.4. The molecular formula is C48H92O2. The van der Waals surface area contributed by atoms with Gasteiger partial charge >= 0.3 is 5.97 Å². The molecule has 0 aromatic heterocycles. The van der Waals surface area contributed by atoms with Crippen molar-refractivity contribution in [3.63, 3.8) is 0 Å². The number of unbranched alkanes of at least 4 members (excludes halogenated alkanes) is 39.